The molecule has 25 heavy (non-hydrogen) atoms. The average molecular weight is 350 g/mol. The highest BCUT2D eigenvalue weighted by molar-refractivity contribution is 5.34. The van der Waals surface area contributed by atoms with E-state index in [-0.39, 0.29) is 22.9 Å². The van der Waals surface area contributed by atoms with Crippen molar-refractivity contribution in [1.82, 2.24) is 0 Å². The van der Waals surface area contributed by atoms with E-state index in [1.807, 2.05) is 13.0 Å². The Balaban J connectivity index is 2.48. The third-order valence-electron chi connectivity index (χ3n) is 4.70. The van der Waals surface area contributed by atoms with Gasteiger partial charge in [0.05, 0.1) is 0 Å². The Morgan fingerprint density at radius 2 is 1.68 bits per heavy atom. The minimum atomic E-state index is -0.911. The quantitative estimate of drug-likeness (QED) is 0.407. The molecule has 1 rings (SSSR count). The largest absolute Gasteiger partial charge is 0.207 e. The molecule has 2 unspecified atom stereocenters. The minimum absolute atomic E-state index is 0.0737. The molecule has 0 amide bonds. The second-order valence-electron chi connectivity index (χ2n) is 7.14. The number of aryl methyl sites for hydroxylation is 2. The van der Waals surface area contributed by atoms with Crippen LogP contribution in [0.1, 0.15) is 51.2 Å². The van der Waals surface area contributed by atoms with Crippen LogP contribution in [-0.4, -0.2) is 0 Å². The van der Waals surface area contributed by atoms with E-state index in [4.69, 9.17) is 0 Å². The Morgan fingerprint density at radius 1 is 1.04 bits per heavy atom. The molecule has 138 valence electrons. The number of rotatable bonds is 9. The lowest BCUT2D eigenvalue weighted by molar-refractivity contribution is 0.428. The predicted molar refractivity (Wildman–Crippen MR) is 100 cm³/mol. The van der Waals surface area contributed by atoms with Gasteiger partial charge in [-0.1, -0.05) is 45.6 Å². The van der Waals surface area contributed by atoms with Crippen molar-refractivity contribution < 1.29 is 13.2 Å². The van der Waals surface area contributed by atoms with Crippen LogP contribution in [0.3, 0.4) is 0 Å². The summed E-state index contributed by atoms with van der Waals surface area (Å²) in [4.78, 5) is 0. The van der Waals surface area contributed by atoms with Gasteiger partial charge in [-0.25, -0.2) is 13.2 Å². The van der Waals surface area contributed by atoms with Crippen molar-refractivity contribution >= 4 is 0 Å². The fraction of sp³-hybridized carbons (Fsp3) is 0.455. The third-order valence-corrected chi connectivity index (χ3v) is 4.70. The summed E-state index contributed by atoms with van der Waals surface area (Å²) >= 11 is 0. The van der Waals surface area contributed by atoms with Gasteiger partial charge in [0.15, 0.2) is 11.7 Å². The Bertz CT molecular complexity index is 655. The summed E-state index contributed by atoms with van der Waals surface area (Å²) in [6.07, 6.45) is 3.36. The van der Waals surface area contributed by atoms with E-state index >= 15 is 0 Å². The number of hydrogen-bond acceptors (Lipinski definition) is 0. The highest BCUT2D eigenvalue weighted by atomic mass is 19.2. The standard InChI is InChI=1S/C22H29F3/c1-14(2)21(24)22(25)18(6)16(4)9-7-15(3)8-11-19-12-10-17(5)20(23)13-19/h10,12-13,15-16H,1,6-9,11H2,2-5H3/b22-21-. The first kappa shape index (κ1) is 21.3. The van der Waals surface area contributed by atoms with Gasteiger partial charge in [-0.3, -0.25) is 0 Å². The average Bonchev–Trinajstić information content (AvgIpc) is 2.58. The summed E-state index contributed by atoms with van der Waals surface area (Å²) in [7, 11) is 0. The Morgan fingerprint density at radius 3 is 2.24 bits per heavy atom. The van der Waals surface area contributed by atoms with Gasteiger partial charge in [0.1, 0.15) is 5.82 Å². The molecular weight excluding hydrogens is 321 g/mol. The molecule has 1 aromatic carbocycles. The number of benzene rings is 1. The first-order valence-corrected chi connectivity index (χ1v) is 8.78. The fourth-order valence-corrected chi connectivity index (χ4v) is 2.60. The van der Waals surface area contributed by atoms with Gasteiger partial charge in [-0.15, -0.1) is 0 Å². The van der Waals surface area contributed by atoms with E-state index in [9.17, 15) is 13.2 Å². The van der Waals surface area contributed by atoms with Crippen molar-refractivity contribution in [2.45, 2.75) is 53.4 Å². The van der Waals surface area contributed by atoms with Crippen molar-refractivity contribution in [2.24, 2.45) is 11.8 Å². The lowest BCUT2D eigenvalue weighted by atomic mass is 9.89. The molecule has 3 heteroatoms. The molecule has 0 aromatic heterocycles. The lowest BCUT2D eigenvalue weighted by Gasteiger charge is -2.17. The van der Waals surface area contributed by atoms with Gasteiger partial charge in [0, 0.05) is 0 Å². The van der Waals surface area contributed by atoms with Crippen LogP contribution in [0.15, 0.2) is 54.2 Å². The summed E-state index contributed by atoms with van der Waals surface area (Å²) in [6.45, 7) is 14.3. The first-order chi connectivity index (χ1) is 11.6. The van der Waals surface area contributed by atoms with Crippen molar-refractivity contribution in [1.29, 1.82) is 0 Å². The van der Waals surface area contributed by atoms with E-state index in [2.05, 4.69) is 20.1 Å². The van der Waals surface area contributed by atoms with Crippen LogP contribution in [0.4, 0.5) is 13.2 Å². The van der Waals surface area contributed by atoms with Crippen LogP contribution in [0, 0.1) is 24.6 Å². The zero-order valence-electron chi connectivity index (χ0n) is 15.8. The molecule has 0 aliphatic heterocycles. The van der Waals surface area contributed by atoms with Crippen LogP contribution in [0.5, 0.6) is 0 Å². The fourth-order valence-electron chi connectivity index (χ4n) is 2.60. The van der Waals surface area contributed by atoms with Crippen molar-refractivity contribution in [3.05, 3.63) is 71.1 Å². The molecule has 0 aliphatic carbocycles. The van der Waals surface area contributed by atoms with Crippen molar-refractivity contribution in [3.8, 4) is 0 Å². The summed E-state index contributed by atoms with van der Waals surface area (Å²) in [6, 6.07) is 5.34. The smallest absolute Gasteiger partial charge is 0.161 e. The van der Waals surface area contributed by atoms with Crippen LogP contribution in [0.25, 0.3) is 0 Å². The minimum Gasteiger partial charge on any atom is -0.207 e. The van der Waals surface area contributed by atoms with E-state index < -0.39 is 11.7 Å². The van der Waals surface area contributed by atoms with Crippen molar-refractivity contribution in [2.75, 3.05) is 0 Å². The topological polar surface area (TPSA) is 0 Å². The Labute approximate surface area is 150 Å². The molecule has 0 fully saturated rings. The van der Waals surface area contributed by atoms with Gasteiger partial charge >= 0.3 is 0 Å². The molecule has 0 aliphatic rings. The molecule has 0 spiro atoms. The van der Waals surface area contributed by atoms with Gasteiger partial charge in [-0.2, -0.15) is 0 Å². The van der Waals surface area contributed by atoms with E-state index in [0.717, 1.165) is 31.2 Å². The molecule has 0 heterocycles. The monoisotopic (exact) mass is 350 g/mol. The normalized spacial score (nSPS) is 14.7. The molecule has 0 bridgehead atoms. The SMILES string of the molecule is C=C(C)/C(F)=C(/F)C(=C)C(C)CCC(C)CCc1ccc(C)c(F)c1. The molecule has 1 aromatic rings. The van der Waals surface area contributed by atoms with Gasteiger partial charge in [0.25, 0.3) is 0 Å². The Hall–Kier alpha value is -1.77. The summed E-state index contributed by atoms with van der Waals surface area (Å²) < 4.78 is 41.1. The first-order valence-electron chi connectivity index (χ1n) is 8.78. The molecule has 0 saturated carbocycles. The van der Waals surface area contributed by atoms with Crippen LogP contribution in [0.2, 0.25) is 0 Å². The van der Waals surface area contributed by atoms with E-state index in [1.165, 1.54) is 6.92 Å². The zero-order valence-corrected chi connectivity index (χ0v) is 15.8. The van der Waals surface area contributed by atoms with E-state index in [0.29, 0.717) is 11.5 Å². The molecule has 0 N–H and O–H groups in total. The van der Waals surface area contributed by atoms with Gasteiger partial charge < -0.3 is 0 Å². The molecule has 0 saturated heterocycles. The molecule has 0 radical (unpaired) electrons. The zero-order chi connectivity index (χ0) is 19.1. The number of halogens is 3. The highest BCUT2D eigenvalue weighted by Crippen LogP contribution is 2.30. The van der Waals surface area contributed by atoms with Crippen LogP contribution < -0.4 is 0 Å². The molecule has 0 nitrogen and oxygen atoms in total. The second kappa shape index (κ2) is 9.65. The van der Waals surface area contributed by atoms with Crippen LogP contribution >= 0.6 is 0 Å². The highest BCUT2D eigenvalue weighted by Gasteiger charge is 2.17. The van der Waals surface area contributed by atoms with Crippen molar-refractivity contribution in [3.63, 3.8) is 0 Å². The maximum absolute atomic E-state index is 14.0. The molecule has 2 atom stereocenters. The maximum Gasteiger partial charge on any atom is 0.161 e. The van der Waals surface area contributed by atoms with Gasteiger partial charge in [-0.05, 0) is 73.3 Å². The predicted octanol–water partition coefficient (Wildman–Crippen LogP) is 7.40. The van der Waals surface area contributed by atoms with E-state index in [1.54, 1.807) is 19.1 Å². The summed E-state index contributed by atoms with van der Waals surface area (Å²) in [5.74, 6) is -1.69. The molecular formula is C22H29F3. The third kappa shape index (κ3) is 6.56. The second-order valence-corrected chi connectivity index (χ2v) is 7.14. The lowest BCUT2D eigenvalue weighted by Crippen LogP contribution is -2.05. The van der Waals surface area contributed by atoms with Gasteiger partial charge in [0.2, 0.25) is 0 Å². The maximum atomic E-state index is 14.0. The van der Waals surface area contributed by atoms with Crippen LogP contribution in [-0.2, 0) is 6.42 Å². The summed E-state index contributed by atoms with van der Waals surface area (Å²) in [5, 5.41) is 0. The number of allylic oxidation sites excluding steroid dienone is 4. The number of hydrogen-bond donors (Lipinski definition) is 0. The summed E-state index contributed by atoms with van der Waals surface area (Å²) in [5.41, 5.74) is 1.91. The Kier molecular flexibility index (Phi) is 8.21.